The summed E-state index contributed by atoms with van der Waals surface area (Å²) in [5.74, 6) is -0.795. The Hall–Kier alpha value is -2.95. The molecule has 0 saturated carbocycles. The largest absolute Gasteiger partial charge is 0.322 e. The Labute approximate surface area is 139 Å². The van der Waals surface area contributed by atoms with Crippen molar-refractivity contribution in [3.8, 4) is 11.1 Å². The highest BCUT2D eigenvalue weighted by molar-refractivity contribution is 6.06. The fourth-order valence-corrected chi connectivity index (χ4v) is 3.47. The first-order valence-corrected chi connectivity index (χ1v) is 7.97. The van der Waals surface area contributed by atoms with Gasteiger partial charge in [0.15, 0.2) is 0 Å². The van der Waals surface area contributed by atoms with Crippen molar-refractivity contribution in [1.29, 1.82) is 0 Å². The van der Waals surface area contributed by atoms with E-state index in [2.05, 4.69) is 5.32 Å². The van der Waals surface area contributed by atoms with Crippen molar-refractivity contribution in [1.82, 2.24) is 10.2 Å². The average molecular weight is 320 g/mol. The van der Waals surface area contributed by atoms with E-state index >= 15 is 0 Å². The molecular formula is C19H16N2O3. The van der Waals surface area contributed by atoms with Gasteiger partial charge < -0.3 is 4.90 Å². The third kappa shape index (κ3) is 2.29. The number of hydrogen-bond donors (Lipinski definition) is 1. The number of carbonyl (C=O) groups excluding carboxylic acids is 3. The molecule has 120 valence electrons. The minimum Gasteiger partial charge on any atom is -0.322 e. The molecule has 2 heterocycles. The van der Waals surface area contributed by atoms with E-state index in [-0.39, 0.29) is 24.1 Å². The highest BCUT2D eigenvalue weighted by atomic mass is 16.2. The number of nitrogens with zero attached hydrogens (tertiary/aromatic N) is 1. The Bertz CT molecular complexity index is 845. The van der Waals surface area contributed by atoms with Gasteiger partial charge in [0.1, 0.15) is 6.04 Å². The van der Waals surface area contributed by atoms with E-state index in [9.17, 15) is 14.4 Å². The number of benzene rings is 2. The van der Waals surface area contributed by atoms with E-state index in [0.29, 0.717) is 18.5 Å². The Morgan fingerprint density at radius 2 is 1.67 bits per heavy atom. The van der Waals surface area contributed by atoms with Crippen molar-refractivity contribution < 1.29 is 14.4 Å². The molecule has 0 bridgehead atoms. The summed E-state index contributed by atoms with van der Waals surface area (Å²) in [6.07, 6.45) is 0.646. The van der Waals surface area contributed by atoms with Crippen molar-refractivity contribution >= 4 is 17.7 Å². The molecule has 3 amide bonds. The number of piperidine rings is 1. The molecule has 4 rings (SSSR count). The Kier molecular flexibility index (Phi) is 3.41. The van der Waals surface area contributed by atoms with E-state index in [1.54, 1.807) is 11.0 Å². The van der Waals surface area contributed by atoms with Gasteiger partial charge in [0, 0.05) is 18.5 Å². The zero-order valence-corrected chi connectivity index (χ0v) is 13.0. The molecule has 2 aromatic carbocycles. The van der Waals surface area contributed by atoms with Gasteiger partial charge in [0.05, 0.1) is 0 Å². The van der Waals surface area contributed by atoms with Crippen molar-refractivity contribution in [2.45, 2.75) is 25.4 Å². The molecule has 1 unspecified atom stereocenters. The molecule has 0 radical (unpaired) electrons. The zero-order chi connectivity index (χ0) is 16.7. The number of imide groups is 1. The fraction of sp³-hybridized carbons (Fsp3) is 0.211. The van der Waals surface area contributed by atoms with Crippen LogP contribution in [0, 0.1) is 0 Å². The normalized spacial score (nSPS) is 20.1. The van der Waals surface area contributed by atoms with Crippen molar-refractivity contribution in [3.05, 3.63) is 59.7 Å². The summed E-state index contributed by atoms with van der Waals surface area (Å²) in [6.45, 7) is 0.394. The molecule has 2 aliphatic heterocycles. The Morgan fingerprint density at radius 1 is 0.917 bits per heavy atom. The monoisotopic (exact) mass is 320 g/mol. The molecule has 24 heavy (non-hydrogen) atoms. The maximum Gasteiger partial charge on any atom is 0.255 e. The zero-order valence-electron chi connectivity index (χ0n) is 13.0. The molecule has 5 heteroatoms. The van der Waals surface area contributed by atoms with Crippen LogP contribution < -0.4 is 5.32 Å². The van der Waals surface area contributed by atoms with Gasteiger partial charge in [-0.25, -0.2) is 0 Å². The SMILES string of the molecule is O=C1CCC(N2Cc3c(cccc3-c3ccccc3)C2=O)C(=O)N1. The summed E-state index contributed by atoms with van der Waals surface area (Å²) in [7, 11) is 0. The minimum atomic E-state index is -0.578. The summed E-state index contributed by atoms with van der Waals surface area (Å²) < 4.78 is 0. The van der Waals surface area contributed by atoms with Crippen LogP contribution in [0.5, 0.6) is 0 Å². The van der Waals surface area contributed by atoms with Crippen molar-refractivity contribution in [3.63, 3.8) is 0 Å². The molecule has 1 saturated heterocycles. The van der Waals surface area contributed by atoms with Gasteiger partial charge in [-0.2, -0.15) is 0 Å². The second-order valence-corrected chi connectivity index (χ2v) is 6.10. The first-order chi connectivity index (χ1) is 11.6. The van der Waals surface area contributed by atoms with Crippen molar-refractivity contribution in [2.75, 3.05) is 0 Å². The Morgan fingerprint density at radius 3 is 2.42 bits per heavy atom. The van der Waals surface area contributed by atoms with Gasteiger partial charge in [-0.05, 0) is 29.2 Å². The lowest BCUT2D eigenvalue weighted by molar-refractivity contribution is -0.136. The summed E-state index contributed by atoms with van der Waals surface area (Å²) >= 11 is 0. The molecule has 1 atom stereocenters. The van der Waals surface area contributed by atoms with Gasteiger partial charge in [0.25, 0.3) is 5.91 Å². The van der Waals surface area contributed by atoms with Crippen LogP contribution in [0.2, 0.25) is 0 Å². The molecule has 2 aromatic rings. The van der Waals surface area contributed by atoms with E-state index in [1.165, 1.54) is 0 Å². The van der Waals surface area contributed by atoms with Gasteiger partial charge in [-0.1, -0.05) is 42.5 Å². The first kappa shape index (κ1) is 14.6. The maximum absolute atomic E-state index is 12.8. The molecule has 2 aliphatic rings. The molecular weight excluding hydrogens is 304 g/mol. The first-order valence-electron chi connectivity index (χ1n) is 7.97. The van der Waals surface area contributed by atoms with E-state index in [0.717, 1.165) is 16.7 Å². The number of fused-ring (bicyclic) bond motifs is 1. The van der Waals surface area contributed by atoms with Crippen molar-refractivity contribution in [2.24, 2.45) is 0 Å². The third-order valence-electron chi connectivity index (χ3n) is 4.67. The average Bonchev–Trinajstić information content (AvgIpc) is 2.93. The predicted molar refractivity (Wildman–Crippen MR) is 87.9 cm³/mol. The lowest BCUT2D eigenvalue weighted by atomic mass is 9.97. The van der Waals surface area contributed by atoms with Gasteiger partial charge >= 0.3 is 0 Å². The van der Waals surface area contributed by atoms with E-state index < -0.39 is 6.04 Å². The number of amides is 3. The minimum absolute atomic E-state index is 0.141. The van der Waals surface area contributed by atoms with Crippen LogP contribution in [0.3, 0.4) is 0 Å². The lowest BCUT2D eigenvalue weighted by Gasteiger charge is -2.29. The number of rotatable bonds is 2. The fourth-order valence-electron chi connectivity index (χ4n) is 3.47. The van der Waals surface area contributed by atoms with Gasteiger partial charge in [-0.3, -0.25) is 19.7 Å². The number of carbonyl (C=O) groups is 3. The standard InChI is InChI=1S/C19H16N2O3/c22-17-10-9-16(18(23)20-17)21-11-15-13(12-5-2-1-3-6-12)7-4-8-14(15)19(21)24/h1-8,16H,9-11H2,(H,20,22,23). The highest BCUT2D eigenvalue weighted by Gasteiger charge is 2.39. The van der Waals surface area contributed by atoms with Crippen LogP contribution in [0.4, 0.5) is 0 Å². The smallest absolute Gasteiger partial charge is 0.255 e. The van der Waals surface area contributed by atoms with E-state index in [4.69, 9.17) is 0 Å². The second kappa shape index (κ2) is 5.60. The summed E-state index contributed by atoms with van der Waals surface area (Å²) in [4.78, 5) is 37.8. The second-order valence-electron chi connectivity index (χ2n) is 6.10. The van der Waals surface area contributed by atoms with Crippen LogP contribution in [-0.4, -0.2) is 28.7 Å². The molecule has 1 N–H and O–H groups in total. The molecule has 0 spiro atoms. The lowest BCUT2D eigenvalue weighted by Crippen LogP contribution is -2.52. The Balaban J connectivity index is 1.70. The maximum atomic E-state index is 12.8. The van der Waals surface area contributed by atoms with Crippen LogP contribution >= 0.6 is 0 Å². The predicted octanol–water partition coefficient (Wildman–Crippen LogP) is 2.11. The van der Waals surface area contributed by atoms with Crippen LogP contribution in [0.1, 0.15) is 28.8 Å². The quantitative estimate of drug-likeness (QED) is 0.862. The molecule has 0 aliphatic carbocycles. The molecule has 5 nitrogen and oxygen atoms in total. The van der Waals surface area contributed by atoms with Gasteiger partial charge in [0.2, 0.25) is 11.8 Å². The van der Waals surface area contributed by atoms with Crippen LogP contribution in [0.15, 0.2) is 48.5 Å². The summed E-state index contributed by atoms with van der Waals surface area (Å²) in [5, 5.41) is 2.33. The molecule has 1 fully saturated rings. The summed E-state index contributed by atoms with van der Waals surface area (Å²) in [5.41, 5.74) is 3.64. The number of nitrogens with one attached hydrogen (secondary N) is 1. The topological polar surface area (TPSA) is 66.5 Å². The third-order valence-corrected chi connectivity index (χ3v) is 4.67. The van der Waals surface area contributed by atoms with Crippen LogP contribution in [0.25, 0.3) is 11.1 Å². The van der Waals surface area contributed by atoms with Crippen LogP contribution in [-0.2, 0) is 16.1 Å². The molecule has 0 aromatic heterocycles. The number of hydrogen-bond acceptors (Lipinski definition) is 3. The highest BCUT2D eigenvalue weighted by Crippen LogP contribution is 2.34. The summed E-state index contributed by atoms with van der Waals surface area (Å²) in [6, 6.07) is 15.0. The van der Waals surface area contributed by atoms with Gasteiger partial charge in [-0.15, -0.1) is 0 Å². The van der Waals surface area contributed by atoms with E-state index in [1.807, 2.05) is 42.5 Å².